The average Bonchev–Trinajstić information content (AvgIpc) is 2.44. The number of hydrogen-bond donors (Lipinski definition) is 0. The Kier molecular flexibility index (Phi) is 4.79. The largest absolute Gasteiger partial charge is 0.493 e. The summed E-state index contributed by atoms with van der Waals surface area (Å²) in [5, 5.41) is 0.433. The van der Waals surface area contributed by atoms with Crippen molar-refractivity contribution in [2.24, 2.45) is 0 Å². The van der Waals surface area contributed by atoms with E-state index in [1.54, 1.807) is 7.11 Å². The van der Waals surface area contributed by atoms with Gasteiger partial charge in [-0.3, -0.25) is 0 Å². The Morgan fingerprint density at radius 1 is 1.20 bits per heavy atom. The van der Waals surface area contributed by atoms with Crippen LogP contribution in [0.3, 0.4) is 0 Å². The minimum atomic E-state index is 0.433. The number of nitrogens with zero attached hydrogens (tertiary/aromatic N) is 2. The molecule has 0 aliphatic rings. The Bertz CT molecular complexity index is 602. The molecule has 0 amide bonds. The minimum Gasteiger partial charge on any atom is -0.493 e. The second-order valence-corrected chi connectivity index (χ2v) is 4.81. The molecule has 0 saturated heterocycles. The fourth-order valence-corrected chi connectivity index (χ4v) is 2.11. The summed E-state index contributed by atoms with van der Waals surface area (Å²) in [6.07, 6.45) is 3.11. The fraction of sp³-hybridized carbons (Fsp3) is 0.333. The molecule has 0 fully saturated rings. The van der Waals surface area contributed by atoms with Crippen LogP contribution >= 0.6 is 11.6 Å². The second-order valence-electron chi connectivity index (χ2n) is 4.45. The van der Waals surface area contributed by atoms with E-state index in [4.69, 9.17) is 21.1 Å². The van der Waals surface area contributed by atoms with Crippen LogP contribution in [0.5, 0.6) is 17.4 Å². The second kappa shape index (κ2) is 6.57. The van der Waals surface area contributed by atoms with Gasteiger partial charge in [-0.05, 0) is 31.0 Å². The molecule has 1 aromatic heterocycles. The third-order valence-corrected chi connectivity index (χ3v) is 3.20. The molecule has 20 heavy (non-hydrogen) atoms. The van der Waals surface area contributed by atoms with E-state index in [-0.39, 0.29) is 0 Å². The van der Waals surface area contributed by atoms with Crippen LogP contribution in [0, 0.1) is 6.92 Å². The van der Waals surface area contributed by atoms with Gasteiger partial charge in [-0.2, -0.15) is 0 Å². The third kappa shape index (κ3) is 3.20. The van der Waals surface area contributed by atoms with Crippen molar-refractivity contribution in [2.75, 3.05) is 7.11 Å². The summed E-state index contributed by atoms with van der Waals surface area (Å²) >= 11 is 6.11. The van der Waals surface area contributed by atoms with E-state index < -0.39 is 0 Å². The molecule has 0 bridgehead atoms. The highest BCUT2D eigenvalue weighted by Crippen LogP contribution is 2.34. The number of ether oxygens (including phenoxy) is 2. The van der Waals surface area contributed by atoms with Gasteiger partial charge in [0.1, 0.15) is 11.5 Å². The molecule has 0 spiro atoms. The van der Waals surface area contributed by atoms with Gasteiger partial charge in [-0.25, -0.2) is 9.97 Å². The molecule has 2 aromatic rings. The van der Waals surface area contributed by atoms with Crippen molar-refractivity contribution in [3.05, 3.63) is 40.8 Å². The topological polar surface area (TPSA) is 44.2 Å². The van der Waals surface area contributed by atoms with Gasteiger partial charge in [0.15, 0.2) is 11.5 Å². The van der Waals surface area contributed by atoms with Crippen molar-refractivity contribution in [3.63, 3.8) is 0 Å². The van der Waals surface area contributed by atoms with Crippen LogP contribution in [0.25, 0.3) is 0 Å². The maximum atomic E-state index is 6.11. The summed E-state index contributed by atoms with van der Waals surface area (Å²) in [5.41, 5.74) is 1.92. The summed E-state index contributed by atoms with van der Waals surface area (Å²) in [5.74, 6) is 1.77. The number of methoxy groups -OCH3 is 1. The van der Waals surface area contributed by atoms with Crippen LogP contribution in [-0.2, 0) is 6.42 Å². The third-order valence-electron chi connectivity index (χ3n) is 2.88. The number of halogens is 1. The van der Waals surface area contributed by atoms with Gasteiger partial charge in [0.25, 0.3) is 0 Å². The van der Waals surface area contributed by atoms with Crippen molar-refractivity contribution in [3.8, 4) is 17.4 Å². The number of aryl methyl sites for hydroxylation is 1. The van der Waals surface area contributed by atoms with Crippen molar-refractivity contribution >= 4 is 11.6 Å². The van der Waals surface area contributed by atoms with Crippen molar-refractivity contribution < 1.29 is 9.47 Å². The van der Waals surface area contributed by atoms with Crippen molar-refractivity contribution in [2.45, 2.75) is 26.7 Å². The molecule has 1 heterocycles. The normalized spacial score (nSPS) is 10.4. The van der Waals surface area contributed by atoms with Crippen molar-refractivity contribution in [1.82, 2.24) is 9.97 Å². The zero-order chi connectivity index (χ0) is 14.5. The van der Waals surface area contributed by atoms with E-state index >= 15 is 0 Å². The van der Waals surface area contributed by atoms with Crippen LogP contribution in [0.4, 0.5) is 0 Å². The van der Waals surface area contributed by atoms with Gasteiger partial charge >= 0.3 is 0 Å². The zero-order valence-corrected chi connectivity index (χ0v) is 12.6. The van der Waals surface area contributed by atoms with E-state index in [1.807, 2.05) is 25.1 Å². The molecule has 0 aliphatic heterocycles. The Hall–Kier alpha value is -1.81. The smallest absolute Gasteiger partial charge is 0.227 e. The highest BCUT2D eigenvalue weighted by molar-refractivity contribution is 6.30. The Morgan fingerprint density at radius 3 is 2.70 bits per heavy atom. The molecule has 2 rings (SSSR count). The van der Waals surface area contributed by atoms with Crippen LogP contribution in [0.15, 0.2) is 24.5 Å². The Morgan fingerprint density at radius 2 is 2.00 bits per heavy atom. The van der Waals surface area contributed by atoms with Gasteiger partial charge in [-0.15, -0.1) is 0 Å². The van der Waals surface area contributed by atoms with E-state index in [0.29, 0.717) is 22.5 Å². The molecular weight excluding hydrogens is 276 g/mol. The minimum absolute atomic E-state index is 0.433. The molecule has 0 unspecified atom stereocenters. The van der Waals surface area contributed by atoms with Crippen LogP contribution in [0.2, 0.25) is 5.15 Å². The predicted molar refractivity (Wildman–Crippen MR) is 78.8 cm³/mol. The molecule has 0 N–H and O–H groups in total. The zero-order valence-electron chi connectivity index (χ0n) is 11.8. The summed E-state index contributed by atoms with van der Waals surface area (Å²) < 4.78 is 11.2. The molecule has 106 valence electrons. The molecule has 0 radical (unpaired) electrons. The van der Waals surface area contributed by atoms with Crippen LogP contribution in [-0.4, -0.2) is 17.1 Å². The number of aromatic nitrogens is 2. The monoisotopic (exact) mass is 292 g/mol. The van der Waals surface area contributed by atoms with E-state index in [1.165, 1.54) is 6.33 Å². The van der Waals surface area contributed by atoms with Crippen LogP contribution in [0.1, 0.15) is 24.5 Å². The lowest BCUT2D eigenvalue weighted by Crippen LogP contribution is -1.99. The van der Waals surface area contributed by atoms with Gasteiger partial charge in [0.05, 0.1) is 12.7 Å². The molecular formula is C15H17ClN2O2. The summed E-state index contributed by atoms with van der Waals surface area (Å²) in [6.45, 7) is 4.07. The molecule has 0 aliphatic carbocycles. The lowest BCUT2D eigenvalue weighted by molar-refractivity contribution is 0.371. The lowest BCUT2D eigenvalue weighted by Gasteiger charge is -2.13. The molecule has 0 atom stereocenters. The first kappa shape index (κ1) is 14.6. The molecule has 1 aromatic carbocycles. The summed E-state index contributed by atoms with van der Waals surface area (Å²) in [7, 11) is 1.61. The van der Waals surface area contributed by atoms with Gasteiger partial charge in [0.2, 0.25) is 5.88 Å². The number of rotatable bonds is 5. The lowest BCUT2D eigenvalue weighted by atomic mass is 10.2. The predicted octanol–water partition coefficient (Wildman–Crippen LogP) is 4.19. The first-order valence-corrected chi connectivity index (χ1v) is 6.85. The van der Waals surface area contributed by atoms with Crippen molar-refractivity contribution in [1.29, 1.82) is 0 Å². The van der Waals surface area contributed by atoms with Gasteiger partial charge in [0, 0.05) is 0 Å². The Labute approximate surface area is 123 Å². The maximum absolute atomic E-state index is 6.11. The van der Waals surface area contributed by atoms with Gasteiger partial charge < -0.3 is 9.47 Å². The van der Waals surface area contributed by atoms with E-state index in [9.17, 15) is 0 Å². The highest BCUT2D eigenvalue weighted by Gasteiger charge is 2.13. The fourth-order valence-electron chi connectivity index (χ4n) is 1.89. The number of benzene rings is 1. The molecule has 4 nitrogen and oxygen atoms in total. The standard InChI is InChI=1S/C15H17ClN2O2/c1-4-5-11-14(16)17-9-18-15(11)20-12-7-6-10(2)8-13(12)19-3/h6-9H,4-5H2,1-3H3. The molecule has 5 heteroatoms. The maximum Gasteiger partial charge on any atom is 0.227 e. The number of hydrogen-bond acceptors (Lipinski definition) is 4. The van der Waals surface area contributed by atoms with E-state index in [0.717, 1.165) is 24.0 Å². The first-order chi connectivity index (χ1) is 9.65. The average molecular weight is 293 g/mol. The summed E-state index contributed by atoms with van der Waals surface area (Å²) in [4.78, 5) is 8.18. The van der Waals surface area contributed by atoms with Crippen LogP contribution < -0.4 is 9.47 Å². The SMILES string of the molecule is CCCc1c(Cl)ncnc1Oc1ccc(C)cc1OC. The van der Waals surface area contributed by atoms with E-state index in [2.05, 4.69) is 16.9 Å². The summed E-state index contributed by atoms with van der Waals surface area (Å²) in [6, 6.07) is 5.73. The first-order valence-electron chi connectivity index (χ1n) is 6.47. The van der Waals surface area contributed by atoms with Gasteiger partial charge in [-0.1, -0.05) is 31.0 Å². The Balaban J connectivity index is 2.37. The molecule has 0 saturated carbocycles. The quantitative estimate of drug-likeness (QED) is 0.775. The highest BCUT2D eigenvalue weighted by atomic mass is 35.5.